The third-order valence-electron chi connectivity index (χ3n) is 10.8. The Morgan fingerprint density at radius 1 is 1.03 bits per heavy atom. The summed E-state index contributed by atoms with van der Waals surface area (Å²) in [6.45, 7) is 14.8. The zero-order valence-corrected chi connectivity index (χ0v) is 20.7. The van der Waals surface area contributed by atoms with E-state index in [9.17, 15) is 5.11 Å². The number of aliphatic hydroxyl groups excluding tert-OH is 1. The number of hydrogen-bond donors (Lipinski definition) is 1. The lowest BCUT2D eigenvalue weighted by molar-refractivity contribution is -0.0540. The average Bonchev–Trinajstić information content (AvgIpc) is 3.06. The van der Waals surface area contributed by atoms with Crippen LogP contribution in [-0.2, 0) is 0 Å². The molecule has 0 spiro atoms. The van der Waals surface area contributed by atoms with E-state index in [4.69, 9.17) is 0 Å². The monoisotopic (exact) mass is 412 g/mol. The van der Waals surface area contributed by atoms with Gasteiger partial charge >= 0.3 is 0 Å². The number of rotatable bonds is 5. The summed E-state index contributed by atoms with van der Waals surface area (Å²) in [6, 6.07) is 0. The highest BCUT2D eigenvalue weighted by atomic mass is 16.3. The summed E-state index contributed by atoms with van der Waals surface area (Å²) in [6.07, 6.45) is 19.1. The molecule has 0 unspecified atom stereocenters. The summed E-state index contributed by atoms with van der Waals surface area (Å²) in [7, 11) is 0. The van der Waals surface area contributed by atoms with Gasteiger partial charge in [0, 0.05) is 0 Å². The summed E-state index contributed by atoms with van der Waals surface area (Å²) in [5.41, 5.74) is 2.51. The minimum absolute atomic E-state index is 0.0870. The first kappa shape index (κ1) is 22.6. The van der Waals surface area contributed by atoms with Crippen LogP contribution in [-0.4, -0.2) is 11.2 Å². The second kappa shape index (κ2) is 8.42. The summed E-state index contributed by atoms with van der Waals surface area (Å²) in [5, 5.41) is 10.2. The van der Waals surface area contributed by atoms with Crippen molar-refractivity contribution in [3.05, 3.63) is 23.8 Å². The molecule has 4 aliphatic rings. The molecule has 170 valence electrons. The van der Waals surface area contributed by atoms with Crippen LogP contribution < -0.4 is 0 Å². The maximum absolute atomic E-state index is 10.2. The van der Waals surface area contributed by atoms with E-state index < -0.39 is 0 Å². The summed E-state index contributed by atoms with van der Waals surface area (Å²) in [5.74, 6) is 5.70. The molecule has 1 heteroatoms. The van der Waals surface area contributed by atoms with Gasteiger partial charge in [-0.15, -0.1) is 0 Å². The van der Waals surface area contributed by atoms with Gasteiger partial charge in [-0.2, -0.15) is 0 Å². The predicted octanol–water partition coefficient (Wildman–Crippen LogP) is 7.80. The molecule has 0 radical (unpaired) electrons. The molecular formula is C29H48O. The van der Waals surface area contributed by atoms with Crippen LogP contribution in [0.15, 0.2) is 23.8 Å². The van der Waals surface area contributed by atoms with Crippen molar-refractivity contribution in [2.75, 3.05) is 0 Å². The van der Waals surface area contributed by atoms with E-state index in [0.717, 1.165) is 48.3 Å². The molecule has 0 heterocycles. The van der Waals surface area contributed by atoms with Crippen molar-refractivity contribution in [3.8, 4) is 0 Å². The Morgan fingerprint density at radius 2 is 1.80 bits per heavy atom. The maximum Gasteiger partial charge on any atom is 0.0577 e. The molecule has 4 rings (SSSR count). The van der Waals surface area contributed by atoms with E-state index in [0.29, 0.717) is 16.7 Å². The van der Waals surface area contributed by atoms with E-state index >= 15 is 0 Å². The highest BCUT2D eigenvalue weighted by Crippen LogP contribution is 2.67. The molecule has 0 amide bonds. The molecule has 1 N–H and O–H groups in total. The molecule has 9 atom stereocenters. The van der Waals surface area contributed by atoms with Gasteiger partial charge in [0.05, 0.1) is 6.10 Å². The van der Waals surface area contributed by atoms with E-state index in [1.807, 2.05) is 0 Å². The third-order valence-corrected chi connectivity index (χ3v) is 10.8. The molecule has 30 heavy (non-hydrogen) atoms. The summed E-state index contributed by atoms with van der Waals surface area (Å²) in [4.78, 5) is 0. The van der Waals surface area contributed by atoms with Crippen LogP contribution in [0, 0.1) is 52.3 Å². The van der Waals surface area contributed by atoms with E-state index in [1.165, 1.54) is 44.9 Å². The Labute approximate surface area is 186 Å². The lowest BCUT2D eigenvalue weighted by Gasteiger charge is -2.58. The predicted molar refractivity (Wildman–Crippen MR) is 128 cm³/mol. The van der Waals surface area contributed by atoms with Gasteiger partial charge in [0.1, 0.15) is 0 Å². The lowest BCUT2D eigenvalue weighted by Crippen LogP contribution is -2.50. The van der Waals surface area contributed by atoms with Crippen molar-refractivity contribution in [2.24, 2.45) is 52.3 Å². The smallest absolute Gasteiger partial charge is 0.0577 e. The molecule has 1 nitrogen and oxygen atoms in total. The first-order valence-corrected chi connectivity index (χ1v) is 13.3. The molecule has 0 aliphatic heterocycles. The van der Waals surface area contributed by atoms with E-state index in [1.54, 1.807) is 5.57 Å². The summed E-state index contributed by atoms with van der Waals surface area (Å²) >= 11 is 0. The van der Waals surface area contributed by atoms with Crippen molar-refractivity contribution in [1.82, 2.24) is 0 Å². The topological polar surface area (TPSA) is 20.2 Å². The van der Waals surface area contributed by atoms with E-state index in [2.05, 4.69) is 59.8 Å². The second-order valence-corrected chi connectivity index (χ2v) is 12.4. The van der Waals surface area contributed by atoms with Crippen molar-refractivity contribution >= 4 is 0 Å². The SMILES string of the molecule is CC[C@H](/C=C/[C@@H](C)[C@H]1CC[C@@H]2[C@@H]3CC=C4C[C@@H](O)CC[C@]4(C)[C@@H]3CC[C@]21C)C(C)C. The lowest BCUT2D eigenvalue weighted by atomic mass is 9.47. The summed E-state index contributed by atoms with van der Waals surface area (Å²) < 4.78 is 0. The molecule has 0 aromatic heterocycles. The van der Waals surface area contributed by atoms with Gasteiger partial charge in [-0.05, 0) is 110 Å². The Morgan fingerprint density at radius 3 is 2.50 bits per heavy atom. The van der Waals surface area contributed by atoms with Crippen molar-refractivity contribution in [3.63, 3.8) is 0 Å². The van der Waals surface area contributed by atoms with Crippen LogP contribution in [0.1, 0.15) is 99.3 Å². The zero-order chi connectivity index (χ0) is 21.7. The van der Waals surface area contributed by atoms with Gasteiger partial charge in [-0.3, -0.25) is 0 Å². The minimum atomic E-state index is -0.0870. The fourth-order valence-electron chi connectivity index (χ4n) is 8.83. The Bertz CT molecular complexity index is 674. The normalized spacial score (nSPS) is 45.6. The number of hydrogen-bond acceptors (Lipinski definition) is 1. The standard InChI is InChI=1S/C29H48O/c1-7-21(19(2)3)9-8-20(4)25-12-13-26-24-11-10-22-18-23(30)14-16-28(22,5)27(24)15-17-29(25,26)6/h8-10,19-21,23-27,30H,7,11-18H2,1-6H3/b9-8+/t20-,21-,23+,24+,25-,26-,27-,28+,29+/m1/s1. The van der Waals surface area contributed by atoms with Gasteiger partial charge < -0.3 is 5.11 Å². The fraction of sp³-hybridized carbons (Fsp3) is 0.862. The molecular weight excluding hydrogens is 364 g/mol. The van der Waals surface area contributed by atoms with Gasteiger partial charge in [0.2, 0.25) is 0 Å². The third kappa shape index (κ3) is 3.66. The Hall–Kier alpha value is -0.560. The molecule has 0 bridgehead atoms. The highest BCUT2D eigenvalue weighted by Gasteiger charge is 2.58. The van der Waals surface area contributed by atoms with Gasteiger partial charge in [0.15, 0.2) is 0 Å². The van der Waals surface area contributed by atoms with Crippen LogP contribution >= 0.6 is 0 Å². The zero-order valence-electron chi connectivity index (χ0n) is 20.7. The average molecular weight is 413 g/mol. The fourth-order valence-corrected chi connectivity index (χ4v) is 8.83. The minimum Gasteiger partial charge on any atom is -0.393 e. The Balaban J connectivity index is 1.52. The molecule has 0 aromatic carbocycles. The number of aliphatic hydroxyl groups is 1. The first-order valence-electron chi connectivity index (χ1n) is 13.3. The van der Waals surface area contributed by atoms with Gasteiger partial charge in [0.25, 0.3) is 0 Å². The van der Waals surface area contributed by atoms with Crippen molar-refractivity contribution in [1.29, 1.82) is 0 Å². The van der Waals surface area contributed by atoms with Gasteiger partial charge in [-0.1, -0.05) is 65.3 Å². The van der Waals surface area contributed by atoms with Crippen LogP contribution in [0.5, 0.6) is 0 Å². The molecule has 0 aromatic rings. The van der Waals surface area contributed by atoms with Crippen LogP contribution in [0.25, 0.3) is 0 Å². The molecule has 3 fully saturated rings. The number of allylic oxidation sites excluding steroid dienone is 3. The first-order chi connectivity index (χ1) is 14.2. The quantitative estimate of drug-likeness (QED) is 0.457. The van der Waals surface area contributed by atoms with Crippen molar-refractivity contribution < 1.29 is 5.11 Å². The van der Waals surface area contributed by atoms with Crippen LogP contribution in [0.3, 0.4) is 0 Å². The largest absolute Gasteiger partial charge is 0.393 e. The van der Waals surface area contributed by atoms with Gasteiger partial charge in [-0.25, -0.2) is 0 Å². The maximum atomic E-state index is 10.2. The van der Waals surface area contributed by atoms with Crippen LogP contribution in [0.4, 0.5) is 0 Å². The Kier molecular flexibility index (Phi) is 6.35. The van der Waals surface area contributed by atoms with E-state index in [-0.39, 0.29) is 6.10 Å². The highest BCUT2D eigenvalue weighted by molar-refractivity contribution is 5.25. The molecule has 4 aliphatic carbocycles. The molecule has 0 saturated heterocycles. The number of fused-ring (bicyclic) bond motifs is 5. The molecule has 3 saturated carbocycles. The van der Waals surface area contributed by atoms with Crippen molar-refractivity contribution in [2.45, 2.75) is 105 Å². The van der Waals surface area contributed by atoms with Crippen LogP contribution in [0.2, 0.25) is 0 Å². The second-order valence-electron chi connectivity index (χ2n) is 12.4.